The van der Waals surface area contributed by atoms with Gasteiger partial charge in [0.05, 0.1) is 17.6 Å². The summed E-state index contributed by atoms with van der Waals surface area (Å²) in [5.41, 5.74) is 4.07. The van der Waals surface area contributed by atoms with E-state index in [0.29, 0.717) is 52.7 Å². The van der Waals surface area contributed by atoms with Crippen molar-refractivity contribution >= 4 is 44.8 Å². The van der Waals surface area contributed by atoms with Crippen molar-refractivity contribution in [1.29, 1.82) is 0 Å². The smallest absolute Gasteiger partial charge is 0.265 e. The highest BCUT2D eigenvalue weighted by Gasteiger charge is 2.21. The normalized spacial score (nSPS) is 11.7. The Morgan fingerprint density at radius 1 is 0.938 bits per heavy atom. The summed E-state index contributed by atoms with van der Waals surface area (Å²) >= 11 is 6.36. The van der Waals surface area contributed by atoms with Crippen LogP contribution in [0.15, 0.2) is 53.3 Å². The maximum atomic E-state index is 13.7. The zero-order chi connectivity index (χ0) is 22.2. The van der Waals surface area contributed by atoms with E-state index in [0.717, 1.165) is 23.0 Å². The summed E-state index contributed by atoms with van der Waals surface area (Å²) in [7, 11) is 1.68. The van der Waals surface area contributed by atoms with Crippen molar-refractivity contribution in [3.05, 3.63) is 75.3 Å². The molecule has 0 atom stereocenters. The van der Waals surface area contributed by atoms with Crippen molar-refractivity contribution in [2.45, 2.75) is 26.4 Å². The SMILES string of the molecule is COCCCn1c2nc3ccccc3nc2c2c(=O)n(Cc3ccccc3Cl)c(C)nc21. The van der Waals surface area contributed by atoms with Crippen LogP contribution in [0.5, 0.6) is 0 Å². The number of aryl methyl sites for hydroxylation is 2. The van der Waals surface area contributed by atoms with E-state index in [4.69, 9.17) is 31.3 Å². The zero-order valence-electron chi connectivity index (χ0n) is 17.9. The lowest BCUT2D eigenvalue weighted by atomic mass is 10.2. The van der Waals surface area contributed by atoms with E-state index in [1.165, 1.54) is 0 Å². The largest absolute Gasteiger partial charge is 0.385 e. The third-order valence-electron chi connectivity index (χ3n) is 5.66. The summed E-state index contributed by atoms with van der Waals surface area (Å²) in [6.45, 7) is 3.41. The zero-order valence-corrected chi connectivity index (χ0v) is 18.6. The number of hydrogen-bond donors (Lipinski definition) is 0. The highest BCUT2D eigenvalue weighted by molar-refractivity contribution is 6.31. The molecule has 5 rings (SSSR count). The fraction of sp³-hybridized carbons (Fsp3) is 0.250. The van der Waals surface area contributed by atoms with Gasteiger partial charge in [-0.1, -0.05) is 41.9 Å². The minimum atomic E-state index is -0.146. The molecule has 162 valence electrons. The van der Waals surface area contributed by atoms with Crippen LogP contribution in [-0.2, 0) is 17.8 Å². The molecule has 0 spiro atoms. The molecule has 5 aromatic rings. The number of benzene rings is 2. The molecule has 0 aliphatic heterocycles. The molecular weight excluding hydrogens is 426 g/mol. The Labute approximate surface area is 189 Å². The van der Waals surface area contributed by atoms with E-state index in [2.05, 4.69) is 0 Å². The first-order valence-electron chi connectivity index (χ1n) is 10.5. The van der Waals surface area contributed by atoms with Gasteiger partial charge in [0.1, 0.15) is 16.7 Å². The van der Waals surface area contributed by atoms with Crippen LogP contribution in [0.1, 0.15) is 17.8 Å². The highest BCUT2D eigenvalue weighted by Crippen LogP contribution is 2.26. The van der Waals surface area contributed by atoms with E-state index in [1.807, 2.05) is 60.0 Å². The van der Waals surface area contributed by atoms with Gasteiger partial charge in [0.15, 0.2) is 11.3 Å². The number of rotatable bonds is 6. The molecule has 2 aromatic carbocycles. The lowest BCUT2D eigenvalue weighted by molar-refractivity contribution is 0.191. The Morgan fingerprint density at radius 3 is 2.41 bits per heavy atom. The Hall–Kier alpha value is -3.29. The minimum absolute atomic E-state index is 0.146. The van der Waals surface area contributed by atoms with Gasteiger partial charge >= 0.3 is 0 Å². The van der Waals surface area contributed by atoms with Gasteiger partial charge in [-0.05, 0) is 37.1 Å². The summed E-state index contributed by atoms with van der Waals surface area (Å²) in [5.74, 6) is 0.614. The minimum Gasteiger partial charge on any atom is -0.385 e. The molecule has 0 fully saturated rings. The molecule has 0 N–H and O–H groups in total. The van der Waals surface area contributed by atoms with E-state index < -0.39 is 0 Å². The lowest BCUT2D eigenvalue weighted by Gasteiger charge is -2.12. The van der Waals surface area contributed by atoms with Gasteiger partial charge in [-0.25, -0.2) is 15.0 Å². The molecule has 0 radical (unpaired) electrons. The van der Waals surface area contributed by atoms with E-state index >= 15 is 0 Å². The van der Waals surface area contributed by atoms with Crippen LogP contribution in [-0.4, -0.2) is 37.8 Å². The van der Waals surface area contributed by atoms with Gasteiger partial charge in [-0.15, -0.1) is 0 Å². The van der Waals surface area contributed by atoms with Crippen molar-refractivity contribution < 1.29 is 4.74 Å². The summed E-state index contributed by atoms with van der Waals surface area (Å²) in [6, 6.07) is 15.2. The third kappa shape index (κ3) is 3.43. The maximum Gasteiger partial charge on any atom is 0.265 e. The summed E-state index contributed by atoms with van der Waals surface area (Å²) in [4.78, 5) is 28.2. The average Bonchev–Trinajstić information content (AvgIpc) is 3.08. The molecule has 3 heterocycles. The van der Waals surface area contributed by atoms with E-state index in [-0.39, 0.29) is 5.56 Å². The highest BCUT2D eigenvalue weighted by atomic mass is 35.5. The molecular formula is C24H22ClN5O2. The molecule has 32 heavy (non-hydrogen) atoms. The first-order valence-corrected chi connectivity index (χ1v) is 10.8. The predicted molar refractivity (Wildman–Crippen MR) is 126 cm³/mol. The van der Waals surface area contributed by atoms with Gasteiger partial charge in [0, 0.05) is 25.3 Å². The van der Waals surface area contributed by atoms with Gasteiger partial charge in [-0.3, -0.25) is 9.36 Å². The first kappa shape index (κ1) is 20.6. The van der Waals surface area contributed by atoms with Crippen molar-refractivity contribution in [2.75, 3.05) is 13.7 Å². The first-order chi connectivity index (χ1) is 15.6. The number of nitrogens with zero attached hydrogens (tertiary/aromatic N) is 5. The number of fused-ring (bicyclic) bond motifs is 4. The second kappa shape index (κ2) is 8.33. The van der Waals surface area contributed by atoms with Crippen LogP contribution in [0.4, 0.5) is 0 Å². The standard InChI is InChI=1S/C24H22ClN5O2/c1-15-26-22-20(24(31)30(15)14-16-8-3-4-9-17(16)25)21-23(29(22)12-7-13-32-2)28-19-11-6-5-10-18(19)27-21/h3-6,8-11H,7,12-14H2,1-2H3. The van der Waals surface area contributed by atoms with Crippen molar-refractivity contribution in [1.82, 2.24) is 24.1 Å². The molecule has 0 bridgehead atoms. The Balaban J connectivity index is 1.79. The number of methoxy groups -OCH3 is 1. The fourth-order valence-corrected chi connectivity index (χ4v) is 4.25. The van der Waals surface area contributed by atoms with Crippen molar-refractivity contribution in [3.8, 4) is 0 Å². The summed E-state index contributed by atoms with van der Waals surface area (Å²) in [5, 5.41) is 1.10. The summed E-state index contributed by atoms with van der Waals surface area (Å²) in [6.07, 6.45) is 0.771. The number of para-hydroxylation sites is 2. The molecule has 0 saturated heterocycles. The molecule has 0 unspecified atom stereocenters. The topological polar surface area (TPSA) is 74.8 Å². The van der Waals surface area contributed by atoms with E-state index in [9.17, 15) is 4.79 Å². The van der Waals surface area contributed by atoms with Crippen LogP contribution in [0.25, 0.3) is 33.2 Å². The summed E-state index contributed by atoms with van der Waals surface area (Å²) < 4.78 is 8.87. The van der Waals surface area contributed by atoms with Crippen molar-refractivity contribution in [2.24, 2.45) is 0 Å². The van der Waals surface area contributed by atoms with Crippen LogP contribution < -0.4 is 5.56 Å². The maximum absolute atomic E-state index is 13.7. The number of ether oxygens (including phenoxy) is 1. The molecule has 0 aliphatic carbocycles. The number of hydrogen-bond acceptors (Lipinski definition) is 5. The van der Waals surface area contributed by atoms with Crippen molar-refractivity contribution in [3.63, 3.8) is 0 Å². The fourth-order valence-electron chi connectivity index (χ4n) is 4.06. The van der Waals surface area contributed by atoms with E-state index in [1.54, 1.807) is 11.7 Å². The quantitative estimate of drug-likeness (QED) is 0.362. The molecule has 0 amide bonds. The van der Waals surface area contributed by atoms with Gasteiger partial charge in [0.2, 0.25) is 0 Å². The monoisotopic (exact) mass is 447 g/mol. The number of aromatic nitrogens is 5. The molecule has 0 saturated carbocycles. The van der Waals surface area contributed by atoms with Gasteiger partial charge in [-0.2, -0.15) is 0 Å². The lowest BCUT2D eigenvalue weighted by Crippen LogP contribution is -2.25. The Kier molecular flexibility index (Phi) is 5.36. The Morgan fingerprint density at radius 2 is 1.66 bits per heavy atom. The molecule has 3 aromatic heterocycles. The molecule has 8 heteroatoms. The van der Waals surface area contributed by atoms with Crippen LogP contribution in [0.2, 0.25) is 5.02 Å². The van der Waals surface area contributed by atoms with Crippen LogP contribution in [0.3, 0.4) is 0 Å². The average molecular weight is 448 g/mol. The number of halogens is 1. The molecule has 7 nitrogen and oxygen atoms in total. The third-order valence-corrected chi connectivity index (χ3v) is 6.03. The predicted octanol–water partition coefficient (Wildman–Crippen LogP) is 4.34. The van der Waals surface area contributed by atoms with Crippen LogP contribution >= 0.6 is 11.6 Å². The Bertz CT molecular complexity index is 1520. The van der Waals surface area contributed by atoms with Gasteiger partial charge in [0.25, 0.3) is 5.56 Å². The second-order valence-electron chi connectivity index (χ2n) is 7.72. The van der Waals surface area contributed by atoms with Gasteiger partial charge < -0.3 is 9.30 Å². The van der Waals surface area contributed by atoms with Crippen LogP contribution in [0, 0.1) is 6.92 Å². The molecule has 0 aliphatic rings. The second-order valence-corrected chi connectivity index (χ2v) is 8.13.